The molecule has 1 saturated heterocycles. The smallest absolute Gasteiger partial charge is 0.242 e. The van der Waals surface area contributed by atoms with E-state index in [4.69, 9.17) is 0 Å². The molecular formula is C8H12N2O2. The van der Waals surface area contributed by atoms with Crippen LogP contribution in [0.5, 0.6) is 0 Å². The van der Waals surface area contributed by atoms with E-state index < -0.39 is 0 Å². The lowest BCUT2D eigenvalue weighted by molar-refractivity contribution is -0.148. The number of amides is 2. The Labute approximate surface area is 71.4 Å². The molecule has 1 aliphatic rings. The minimum atomic E-state index is -0.0172. The lowest BCUT2D eigenvalue weighted by atomic mass is 10.3. The van der Waals surface area contributed by atoms with E-state index in [0.717, 1.165) is 0 Å². The van der Waals surface area contributed by atoms with Crippen LogP contribution in [0.3, 0.4) is 0 Å². The predicted molar refractivity (Wildman–Crippen MR) is 44.4 cm³/mol. The molecule has 1 fully saturated rings. The summed E-state index contributed by atoms with van der Waals surface area (Å²) in [4.78, 5) is 25.3. The van der Waals surface area contributed by atoms with Crippen molar-refractivity contribution in [2.45, 2.75) is 0 Å². The molecule has 1 rings (SSSR count). The number of carbonyl (C=O) groups excluding carboxylic acids is 2. The Hall–Kier alpha value is -1.32. The number of carbonyl (C=O) groups is 2. The van der Waals surface area contributed by atoms with Crippen LogP contribution in [-0.2, 0) is 9.59 Å². The van der Waals surface area contributed by atoms with Crippen LogP contribution in [0.15, 0.2) is 12.7 Å². The summed E-state index contributed by atoms with van der Waals surface area (Å²) < 4.78 is 0. The van der Waals surface area contributed by atoms with Crippen molar-refractivity contribution in [3.63, 3.8) is 0 Å². The molecule has 0 N–H and O–H groups in total. The summed E-state index contributed by atoms with van der Waals surface area (Å²) in [5.74, 6) is -0.0338. The van der Waals surface area contributed by atoms with Gasteiger partial charge in [-0.1, -0.05) is 6.08 Å². The van der Waals surface area contributed by atoms with Gasteiger partial charge in [-0.15, -0.1) is 6.58 Å². The highest BCUT2D eigenvalue weighted by Crippen LogP contribution is 2.01. The molecule has 2 amide bonds. The first-order valence-electron chi connectivity index (χ1n) is 3.77. The second-order valence-electron chi connectivity index (χ2n) is 2.81. The fourth-order valence-corrected chi connectivity index (χ4v) is 1.09. The van der Waals surface area contributed by atoms with Gasteiger partial charge < -0.3 is 9.80 Å². The van der Waals surface area contributed by atoms with Gasteiger partial charge in [-0.05, 0) is 0 Å². The third-order valence-corrected chi connectivity index (χ3v) is 1.83. The number of hydrogen-bond donors (Lipinski definition) is 0. The van der Waals surface area contributed by atoms with Crippen molar-refractivity contribution in [3.05, 3.63) is 12.7 Å². The van der Waals surface area contributed by atoms with Crippen LogP contribution in [0.2, 0.25) is 0 Å². The second-order valence-corrected chi connectivity index (χ2v) is 2.81. The van der Waals surface area contributed by atoms with Crippen LogP contribution < -0.4 is 0 Å². The molecule has 66 valence electrons. The van der Waals surface area contributed by atoms with Crippen LogP contribution in [0.25, 0.3) is 0 Å². The summed E-state index contributed by atoms with van der Waals surface area (Å²) in [6.07, 6.45) is 1.62. The Bertz CT molecular complexity index is 225. The normalized spacial score (nSPS) is 18.4. The summed E-state index contributed by atoms with van der Waals surface area (Å²) in [6.45, 7) is 4.34. The Morgan fingerprint density at radius 3 is 2.67 bits per heavy atom. The average Bonchev–Trinajstić information content (AvgIpc) is 2.01. The molecule has 0 aromatic carbocycles. The Morgan fingerprint density at radius 1 is 1.42 bits per heavy atom. The standard InChI is InChI=1S/C8H12N2O2/c1-3-4-10-6-7(11)9(2)5-8(10)12/h3H,1,4-6H2,2H3. The lowest BCUT2D eigenvalue weighted by Gasteiger charge is -2.30. The largest absolute Gasteiger partial charge is 0.335 e. The van der Waals surface area contributed by atoms with Gasteiger partial charge in [0.1, 0.15) is 6.54 Å². The molecule has 0 radical (unpaired) electrons. The third-order valence-electron chi connectivity index (χ3n) is 1.83. The quantitative estimate of drug-likeness (QED) is 0.520. The molecule has 4 heteroatoms. The van der Waals surface area contributed by atoms with Crippen molar-refractivity contribution in [1.82, 2.24) is 9.80 Å². The van der Waals surface area contributed by atoms with Crippen molar-refractivity contribution in [1.29, 1.82) is 0 Å². The monoisotopic (exact) mass is 168 g/mol. The predicted octanol–water partition coefficient (Wildman–Crippen LogP) is -0.527. The van der Waals surface area contributed by atoms with Gasteiger partial charge in [-0.2, -0.15) is 0 Å². The van der Waals surface area contributed by atoms with Crippen molar-refractivity contribution in [2.24, 2.45) is 0 Å². The molecule has 4 nitrogen and oxygen atoms in total. The number of likely N-dealkylation sites (N-methyl/N-ethyl adjacent to an activating group) is 1. The van der Waals surface area contributed by atoms with Gasteiger partial charge in [-0.25, -0.2) is 0 Å². The van der Waals surface area contributed by atoms with Crippen LogP contribution in [0.4, 0.5) is 0 Å². The van der Waals surface area contributed by atoms with Gasteiger partial charge in [-0.3, -0.25) is 9.59 Å². The van der Waals surface area contributed by atoms with Crippen LogP contribution in [0.1, 0.15) is 0 Å². The number of hydrogen-bond acceptors (Lipinski definition) is 2. The van der Waals surface area contributed by atoms with Gasteiger partial charge >= 0.3 is 0 Å². The summed E-state index contributed by atoms with van der Waals surface area (Å²) in [5, 5.41) is 0. The average molecular weight is 168 g/mol. The first-order valence-corrected chi connectivity index (χ1v) is 3.77. The fourth-order valence-electron chi connectivity index (χ4n) is 1.09. The van der Waals surface area contributed by atoms with E-state index in [0.29, 0.717) is 6.54 Å². The zero-order chi connectivity index (χ0) is 9.14. The summed E-state index contributed by atoms with van der Waals surface area (Å²) in [7, 11) is 1.63. The zero-order valence-electron chi connectivity index (χ0n) is 7.12. The van der Waals surface area contributed by atoms with E-state index in [1.54, 1.807) is 13.1 Å². The highest BCUT2D eigenvalue weighted by atomic mass is 16.2. The minimum Gasteiger partial charge on any atom is -0.335 e. The SMILES string of the molecule is C=CCN1CC(=O)N(C)CC1=O. The van der Waals surface area contributed by atoms with E-state index in [9.17, 15) is 9.59 Å². The first-order chi connectivity index (χ1) is 5.65. The van der Waals surface area contributed by atoms with E-state index in [2.05, 4.69) is 6.58 Å². The topological polar surface area (TPSA) is 40.6 Å². The molecule has 0 saturated carbocycles. The maximum Gasteiger partial charge on any atom is 0.242 e. The van der Waals surface area contributed by atoms with E-state index in [-0.39, 0.29) is 24.9 Å². The van der Waals surface area contributed by atoms with E-state index in [1.807, 2.05) is 0 Å². The van der Waals surface area contributed by atoms with Crippen molar-refractivity contribution >= 4 is 11.8 Å². The summed E-state index contributed by atoms with van der Waals surface area (Å²) in [5.41, 5.74) is 0. The molecular weight excluding hydrogens is 156 g/mol. The molecule has 0 bridgehead atoms. The lowest BCUT2D eigenvalue weighted by Crippen LogP contribution is -2.52. The van der Waals surface area contributed by atoms with Gasteiger partial charge in [0.2, 0.25) is 11.8 Å². The van der Waals surface area contributed by atoms with Crippen molar-refractivity contribution in [2.75, 3.05) is 26.7 Å². The zero-order valence-corrected chi connectivity index (χ0v) is 7.12. The maximum absolute atomic E-state index is 11.2. The van der Waals surface area contributed by atoms with Crippen molar-refractivity contribution in [3.8, 4) is 0 Å². The first kappa shape index (κ1) is 8.77. The molecule has 0 atom stereocenters. The molecule has 0 aromatic heterocycles. The van der Waals surface area contributed by atoms with Crippen LogP contribution >= 0.6 is 0 Å². The third kappa shape index (κ3) is 1.64. The molecule has 0 unspecified atom stereocenters. The molecule has 12 heavy (non-hydrogen) atoms. The Balaban J connectivity index is 2.61. The summed E-state index contributed by atoms with van der Waals surface area (Å²) >= 11 is 0. The molecule has 0 aromatic rings. The number of rotatable bonds is 2. The van der Waals surface area contributed by atoms with E-state index >= 15 is 0 Å². The maximum atomic E-state index is 11.2. The second kappa shape index (κ2) is 3.38. The molecule has 1 aliphatic heterocycles. The Morgan fingerprint density at radius 2 is 2.08 bits per heavy atom. The van der Waals surface area contributed by atoms with Gasteiger partial charge in [0, 0.05) is 13.6 Å². The van der Waals surface area contributed by atoms with E-state index in [1.165, 1.54) is 9.80 Å². The fraction of sp³-hybridized carbons (Fsp3) is 0.500. The van der Waals surface area contributed by atoms with Crippen molar-refractivity contribution < 1.29 is 9.59 Å². The van der Waals surface area contributed by atoms with Crippen LogP contribution in [-0.4, -0.2) is 48.3 Å². The van der Waals surface area contributed by atoms with Gasteiger partial charge in [0.15, 0.2) is 0 Å². The highest BCUT2D eigenvalue weighted by Gasteiger charge is 2.25. The number of piperazine rings is 1. The molecule has 1 heterocycles. The Kier molecular flexibility index (Phi) is 2.47. The minimum absolute atomic E-state index is 0.0167. The molecule has 0 aliphatic carbocycles. The van der Waals surface area contributed by atoms with Gasteiger partial charge in [0.25, 0.3) is 0 Å². The van der Waals surface area contributed by atoms with Gasteiger partial charge in [0.05, 0.1) is 6.54 Å². The highest BCUT2D eigenvalue weighted by molar-refractivity contribution is 5.92. The number of nitrogens with zero attached hydrogens (tertiary/aromatic N) is 2. The summed E-state index contributed by atoms with van der Waals surface area (Å²) in [6, 6.07) is 0. The van der Waals surface area contributed by atoms with Crippen LogP contribution in [0, 0.1) is 0 Å². The molecule has 0 spiro atoms.